The smallest absolute Gasteiger partial charge is 0.317 e. The number of carbonyl (C=O) groups is 2. The van der Waals surface area contributed by atoms with E-state index >= 15 is 0 Å². The van der Waals surface area contributed by atoms with Crippen LogP contribution in [-0.2, 0) is 0 Å². The molecule has 0 atom stereocenters. The van der Waals surface area contributed by atoms with E-state index in [1.54, 1.807) is 17.0 Å². The van der Waals surface area contributed by atoms with Gasteiger partial charge in [0.2, 0.25) is 0 Å². The number of nitrogens with zero attached hydrogens (tertiary/aromatic N) is 2. The number of amides is 3. The number of urea groups is 1. The molecule has 6 rings (SSSR count). The first-order chi connectivity index (χ1) is 13.6. The predicted octanol–water partition coefficient (Wildman–Crippen LogP) is 3.12. The highest BCUT2D eigenvalue weighted by Crippen LogP contribution is 2.53. The fourth-order valence-electron chi connectivity index (χ4n) is 6.31. The second kappa shape index (κ2) is 7.05. The van der Waals surface area contributed by atoms with E-state index in [0.717, 1.165) is 11.8 Å². The minimum Gasteiger partial charge on any atom is -0.335 e. The maximum Gasteiger partial charge on any atom is 0.317 e. The number of hydrogen-bond donors (Lipinski definition) is 1. The largest absolute Gasteiger partial charge is 0.335 e. The molecule has 4 bridgehead atoms. The van der Waals surface area contributed by atoms with Crippen LogP contribution in [0.5, 0.6) is 0 Å². The van der Waals surface area contributed by atoms with Crippen molar-refractivity contribution < 1.29 is 14.0 Å². The van der Waals surface area contributed by atoms with Crippen molar-refractivity contribution in [2.75, 3.05) is 26.2 Å². The molecule has 4 aliphatic carbocycles. The van der Waals surface area contributed by atoms with E-state index in [1.165, 1.54) is 44.2 Å². The Labute approximate surface area is 165 Å². The zero-order valence-electron chi connectivity index (χ0n) is 16.1. The van der Waals surface area contributed by atoms with Crippen molar-refractivity contribution in [1.82, 2.24) is 15.1 Å². The Morgan fingerprint density at radius 3 is 2.11 bits per heavy atom. The number of piperazine rings is 1. The second-order valence-corrected chi connectivity index (χ2v) is 9.20. The fraction of sp³-hybridized carbons (Fsp3) is 0.636. The Morgan fingerprint density at radius 2 is 1.50 bits per heavy atom. The second-order valence-electron chi connectivity index (χ2n) is 9.20. The van der Waals surface area contributed by atoms with Crippen LogP contribution in [0.2, 0.25) is 0 Å². The lowest BCUT2D eigenvalue weighted by atomic mass is 9.54. The van der Waals surface area contributed by atoms with Crippen LogP contribution in [0.1, 0.15) is 42.5 Å². The molecular weight excluding hydrogens is 357 g/mol. The van der Waals surface area contributed by atoms with Gasteiger partial charge < -0.3 is 15.1 Å². The van der Waals surface area contributed by atoms with E-state index in [1.807, 2.05) is 4.90 Å². The third-order valence-corrected chi connectivity index (χ3v) is 7.44. The molecule has 5 fully saturated rings. The molecule has 4 saturated carbocycles. The monoisotopic (exact) mass is 385 g/mol. The summed E-state index contributed by atoms with van der Waals surface area (Å²) in [6.07, 6.45) is 6.55. The minimum atomic E-state index is -0.403. The summed E-state index contributed by atoms with van der Waals surface area (Å²) in [7, 11) is 0. The molecule has 150 valence electrons. The lowest BCUT2D eigenvalue weighted by Gasteiger charge is -2.54. The highest BCUT2D eigenvalue weighted by molar-refractivity contribution is 5.94. The highest BCUT2D eigenvalue weighted by atomic mass is 19.1. The average molecular weight is 385 g/mol. The number of halogens is 1. The van der Waals surface area contributed by atoms with Crippen molar-refractivity contribution >= 4 is 11.9 Å². The summed E-state index contributed by atoms with van der Waals surface area (Å²) in [5, 5.41) is 3.35. The third kappa shape index (κ3) is 3.27. The van der Waals surface area contributed by atoms with Gasteiger partial charge in [-0.05, 0) is 74.0 Å². The van der Waals surface area contributed by atoms with Crippen LogP contribution in [0.15, 0.2) is 24.3 Å². The zero-order valence-corrected chi connectivity index (χ0v) is 16.1. The number of rotatable bonds is 2. The molecule has 0 spiro atoms. The van der Waals surface area contributed by atoms with Crippen molar-refractivity contribution in [3.05, 3.63) is 35.6 Å². The fourth-order valence-corrected chi connectivity index (χ4v) is 6.31. The maximum absolute atomic E-state index is 13.4. The van der Waals surface area contributed by atoms with Gasteiger partial charge in [0.1, 0.15) is 5.82 Å². The Kier molecular flexibility index (Phi) is 4.52. The SMILES string of the molecule is O=C(NC1C2CC3CC(C2)CC1C3)N1CCN(C(=O)c2cccc(F)c2)CC1. The van der Waals surface area contributed by atoms with Gasteiger partial charge in [-0.2, -0.15) is 0 Å². The van der Waals surface area contributed by atoms with Gasteiger partial charge in [0.15, 0.2) is 0 Å². The molecule has 28 heavy (non-hydrogen) atoms. The topological polar surface area (TPSA) is 52.7 Å². The summed E-state index contributed by atoms with van der Waals surface area (Å²) in [6, 6.07) is 6.16. The molecule has 5 aliphatic rings. The molecule has 1 saturated heterocycles. The molecule has 3 amide bonds. The predicted molar refractivity (Wildman–Crippen MR) is 103 cm³/mol. The van der Waals surface area contributed by atoms with Crippen molar-refractivity contribution in [3.8, 4) is 0 Å². The van der Waals surface area contributed by atoms with Crippen LogP contribution in [0.25, 0.3) is 0 Å². The van der Waals surface area contributed by atoms with E-state index < -0.39 is 5.82 Å². The van der Waals surface area contributed by atoms with Crippen LogP contribution in [0.3, 0.4) is 0 Å². The minimum absolute atomic E-state index is 0.0235. The van der Waals surface area contributed by atoms with E-state index in [-0.39, 0.29) is 11.9 Å². The molecule has 1 aromatic rings. The normalized spacial score (nSPS) is 33.8. The van der Waals surface area contributed by atoms with Gasteiger partial charge in [-0.1, -0.05) is 6.07 Å². The van der Waals surface area contributed by atoms with Crippen molar-refractivity contribution in [3.63, 3.8) is 0 Å². The molecule has 0 radical (unpaired) electrons. The van der Waals surface area contributed by atoms with Crippen LogP contribution >= 0.6 is 0 Å². The molecule has 6 heteroatoms. The Bertz CT molecular complexity index is 747. The molecule has 1 aliphatic heterocycles. The summed E-state index contributed by atoms with van der Waals surface area (Å²) < 4.78 is 13.4. The van der Waals surface area contributed by atoms with E-state index in [0.29, 0.717) is 49.6 Å². The quantitative estimate of drug-likeness (QED) is 0.850. The Hall–Kier alpha value is -2.11. The van der Waals surface area contributed by atoms with Gasteiger partial charge in [0, 0.05) is 37.8 Å². The van der Waals surface area contributed by atoms with Crippen molar-refractivity contribution in [2.24, 2.45) is 23.7 Å². The summed E-state index contributed by atoms with van der Waals surface area (Å²) in [4.78, 5) is 28.9. The molecule has 1 heterocycles. The average Bonchev–Trinajstić information content (AvgIpc) is 2.69. The standard InChI is InChI=1S/C22H28FN3O2/c23-19-3-1-2-16(13-19)21(27)25-4-6-26(7-5-25)22(28)24-20-17-9-14-8-15(11-17)12-18(20)10-14/h1-3,13-15,17-18,20H,4-12H2,(H,24,28). The molecule has 5 nitrogen and oxygen atoms in total. The van der Waals surface area contributed by atoms with Gasteiger partial charge in [-0.3, -0.25) is 4.79 Å². The van der Waals surface area contributed by atoms with Gasteiger partial charge in [-0.15, -0.1) is 0 Å². The van der Waals surface area contributed by atoms with Crippen LogP contribution in [0, 0.1) is 29.5 Å². The summed E-state index contributed by atoms with van der Waals surface area (Å²) in [6.45, 7) is 2.04. The van der Waals surface area contributed by atoms with E-state index in [9.17, 15) is 14.0 Å². The lowest BCUT2D eigenvalue weighted by molar-refractivity contribution is -0.0115. The first-order valence-corrected chi connectivity index (χ1v) is 10.7. The van der Waals surface area contributed by atoms with E-state index in [4.69, 9.17) is 0 Å². The molecule has 1 N–H and O–H groups in total. The van der Waals surface area contributed by atoms with Crippen LogP contribution < -0.4 is 5.32 Å². The van der Waals surface area contributed by atoms with Gasteiger partial charge in [0.05, 0.1) is 0 Å². The molecular formula is C22H28FN3O2. The van der Waals surface area contributed by atoms with Crippen molar-refractivity contribution in [2.45, 2.75) is 38.1 Å². The number of carbonyl (C=O) groups excluding carboxylic acids is 2. The van der Waals surface area contributed by atoms with Crippen molar-refractivity contribution in [1.29, 1.82) is 0 Å². The summed E-state index contributed by atoms with van der Waals surface area (Å²) >= 11 is 0. The lowest BCUT2D eigenvalue weighted by Crippen LogP contribution is -2.60. The van der Waals surface area contributed by atoms with Gasteiger partial charge >= 0.3 is 6.03 Å². The number of benzene rings is 1. The van der Waals surface area contributed by atoms with Gasteiger partial charge in [-0.25, -0.2) is 9.18 Å². The first kappa shape index (κ1) is 18.0. The first-order valence-electron chi connectivity index (χ1n) is 10.7. The van der Waals surface area contributed by atoms with Crippen LogP contribution in [0.4, 0.5) is 9.18 Å². The molecule has 0 unspecified atom stereocenters. The molecule has 1 aromatic carbocycles. The number of nitrogens with one attached hydrogen (secondary N) is 1. The Balaban J connectivity index is 1.16. The number of hydrogen-bond acceptors (Lipinski definition) is 2. The van der Waals surface area contributed by atoms with Gasteiger partial charge in [0.25, 0.3) is 5.91 Å². The van der Waals surface area contributed by atoms with E-state index in [2.05, 4.69) is 5.32 Å². The van der Waals surface area contributed by atoms with Crippen LogP contribution in [-0.4, -0.2) is 54.0 Å². The summed E-state index contributed by atoms with van der Waals surface area (Å²) in [5.74, 6) is 2.55. The molecule has 0 aromatic heterocycles. The zero-order chi connectivity index (χ0) is 19.3. The highest BCUT2D eigenvalue weighted by Gasteiger charge is 2.48. The third-order valence-electron chi connectivity index (χ3n) is 7.44. The Morgan fingerprint density at radius 1 is 0.893 bits per heavy atom. The maximum atomic E-state index is 13.4. The summed E-state index contributed by atoms with van der Waals surface area (Å²) in [5.41, 5.74) is 0.367.